The van der Waals surface area contributed by atoms with Gasteiger partial charge in [-0.1, -0.05) is 12.1 Å². The fourth-order valence-corrected chi connectivity index (χ4v) is 2.48. The molecular formula is C14H17N3O5. The molecule has 1 aliphatic rings. The summed E-state index contributed by atoms with van der Waals surface area (Å²) in [6.07, 6.45) is 1.35. The Labute approximate surface area is 127 Å². The Kier molecular flexibility index (Phi) is 4.92. The molecule has 0 aromatic heterocycles. The first-order chi connectivity index (χ1) is 10.5. The van der Waals surface area contributed by atoms with Crippen molar-refractivity contribution in [3.05, 3.63) is 34.4 Å². The maximum atomic E-state index is 12.1. The number of ether oxygens (including phenoxy) is 1. The molecule has 0 unspecified atom stereocenters. The number of amides is 2. The predicted octanol–water partition coefficient (Wildman–Crippen LogP) is 0.840. The van der Waals surface area contributed by atoms with E-state index in [1.807, 2.05) is 0 Å². The van der Waals surface area contributed by atoms with Crippen molar-refractivity contribution in [1.82, 2.24) is 4.90 Å². The molecule has 1 atom stereocenters. The third-order valence-corrected chi connectivity index (χ3v) is 3.54. The number of primary amides is 1. The number of rotatable bonds is 6. The first-order valence-corrected chi connectivity index (χ1v) is 6.95. The average molecular weight is 307 g/mol. The molecule has 1 aliphatic heterocycles. The van der Waals surface area contributed by atoms with Crippen LogP contribution >= 0.6 is 0 Å². The molecular weight excluding hydrogens is 290 g/mol. The van der Waals surface area contributed by atoms with E-state index in [1.54, 1.807) is 6.07 Å². The van der Waals surface area contributed by atoms with Gasteiger partial charge in [0.25, 0.3) is 0 Å². The molecule has 118 valence electrons. The molecule has 22 heavy (non-hydrogen) atoms. The van der Waals surface area contributed by atoms with Crippen molar-refractivity contribution in [3.8, 4) is 5.75 Å². The smallest absolute Gasteiger partial charge is 0.310 e. The van der Waals surface area contributed by atoms with Gasteiger partial charge in [-0.15, -0.1) is 0 Å². The number of nitrogens with zero attached hydrogens (tertiary/aromatic N) is 2. The van der Waals surface area contributed by atoms with E-state index < -0.39 is 16.9 Å². The number of hydrogen-bond acceptors (Lipinski definition) is 5. The van der Waals surface area contributed by atoms with Crippen molar-refractivity contribution in [1.29, 1.82) is 0 Å². The van der Waals surface area contributed by atoms with Crippen LogP contribution in [0.25, 0.3) is 0 Å². The average Bonchev–Trinajstić information content (AvgIpc) is 2.97. The number of nitrogens with two attached hydrogens (primary N) is 1. The Bertz CT molecular complexity index is 590. The number of benzene rings is 1. The highest BCUT2D eigenvalue weighted by molar-refractivity contribution is 5.87. The van der Waals surface area contributed by atoms with Gasteiger partial charge in [0.15, 0.2) is 5.75 Å². The van der Waals surface area contributed by atoms with Gasteiger partial charge in [-0.3, -0.25) is 19.7 Å². The highest BCUT2D eigenvalue weighted by Crippen LogP contribution is 2.26. The van der Waals surface area contributed by atoms with E-state index in [4.69, 9.17) is 10.5 Å². The summed E-state index contributed by atoms with van der Waals surface area (Å²) in [5.74, 6) is -0.626. The van der Waals surface area contributed by atoms with Gasteiger partial charge >= 0.3 is 5.69 Å². The molecule has 1 saturated heterocycles. The van der Waals surface area contributed by atoms with E-state index in [0.717, 1.165) is 6.42 Å². The lowest BCUT2D eigenvalue weighted by Crippen LogP contribution is -2.44. The molecule has 1 aromatic carbocycles. The predicted molar refractivity (Wildman–Crippen MR) is 77.1 cm³/mol. The second-order valence-corrected chi connectivity index (χ2v) is 4.97. The quantitative estimate of drug-likeness (QED) is 0.617. The van der Waals surface area contributed by atoms with Crippen LogP contribution in [0.3, 0.4) is 0 Å². The third-order valence-electron chi connectivity index (χ3n) is 3.54. The minimum Gasteiger partial charge on any atom is -0.486 e. The Morgan fingerprint density at radius 2 is 2.14 bits per heavy atom. The number of para-hydroxylation sites is 2. The van der Waals surface area contributed by atoms with Crippen LogP contribution in [0, 0.1) is 10.1 Å². The van der Waals surface area contributed by atoms with Gasteiger partial charge in [-0.2, -0.15) is 0 Å². The molecule has 0 saturated carbocycles. The topological polar surface area (TPSA) is 116 Å². The van der Waals surface area contributed by atoms with E-state index in [9.17, 15) is 19.7 Å². The second-order valence-electron chi connectivity index (χ2n) is 4.97. The van der Waals surface area contributed by atoms with Crippen molar-refractivity contribution >= 4 is 17.5 Å². The molecule has 8 nitrogen and oxygen atoms in total. The molecule has 0 bridgehead atoms. The normalized spacial score (nSPS) is 17.3. The lowest BCUT2D eigenvalue weighted by molar-refractivity contribution is -0.385. The van der Waals surface area contributed by atoms with Crippen LogP contribution in [-0.4, -0.2) is 40.8 Å². The van der Waals surface area contributed by atoms with Crippen LogP contribution in [0.15, 0.2) is 24.3 Å². The molecule has 0 aliphatic carbocycles. The molecule has 2 rings (SSSR count). The first-order valence-electron chi connectivity index (χ1n) is 6.95. The Hall–Kier alpha value is -2.64. The maximum Gasteiger partial charge on any atom is 0.310 e. The Balaban J connectivity index is 1.90. The SMILES string of the molecule is NC(=O)[C@H]1CCCN1C(=O)CCOc1ccccc1[N+](=O)[O-]. The molecule has 2 amide bonds. The van der Waals surface area contributed by atoms with Gasteiger partial charge in [0.2, 0.25) is 11.8 Å². The monoisotopic (exact) mass is 307 g/mol. The van der Waals surface area contributed by atoms with Crippen molar-refractivity contribution in [2.45, 2.75) is 25.3 Å². The molecule has 2 N–H and O–H groups in total. The van der Waals surface area contributed by atoms with E-state index in [-0.39, 0.29) is 30.4 Å². The zero-order valence-corrected chi connectivity index (χ0v) is 11.9. The molecule has 1 fully saturated rings. The number of carbonyl (C=O) groups is 2. The van der Waals surface area contributed by atoms with Gasteiger partial charge in [0.05, 0.1) is 18.0 Å². The van der Waals surface area contributed by atoms with Crippen LogP contribution in [0.4, 0.5) is 5.69 Å². The largest absolute Gasteiger partial charge is 0.486 e. The van der Waals surface area contributed by atoms with Crippen molar-refractivity contribution in [2.24, 2.45) is 5.73 Å². The molecule has 8 heteroatoms. The van der Waals surface area contributed by atoms with Crippen LogP contribution < -0.4 is 10.5 Å². The number of nitro groups is 1. The number of hydrogen-bond donors (Lipinski definition) is 1. The fourth-order valence-electron chi connectivity index (χ4n) is 2.48. The zero-order valence-electron chi connectivity index (χ0n) is 11.9. The van der Waals surface area contributed by atoms with E-state index in [1.165, 1.54) is 23.1 Å². The van der Waals surface area contributed by atoms with Gasteiger partial charge < -0.3 is 15.4 Å². The standard InChI is InChI=1S/C14H17N3O5/c15-14(19)11-5-3-8-16(11)13(18)7-9-22-12-6-2-1-4-10(12)17(20)21/h1-2,4,6,11H,3,5,7-9H2,(H2,15,19)/t11-/m1/s1. The van der Waals surface area contributed by atoms with Gasteiger partial charge in [0, 0.05) is 12.6 Å². The van der Waals surface area contributed by atoms with Gasteiger partial charge in [-0.05, 0) is 18.9 Å². The fraction of sp³-hybridized carbons (Fsp3) is 0.429. The summed E-state index contributed by atoms with van der Waals surface area (Å²) in [4.78, 5) is 35.1. The summed E-state index contributed by atoms with van der Waals surface area (Å²) in [5, 5.41) is 10.8. The van der Waals surface area contributed by atoms with Crippen LogP contribution in [0.2, 0.25) is 0 Å². The summed E-state index contributed by atoms with van der Waals surface area (Å²) in [7, 11) is 0. The minimum atomic E-state index is -0.557. The van der Waals surface area contributed by atoms with Crippen LogP contribution in [-0.2, 0) is 9.59 Å². The lowest BCUT2D eigenvalue weighted by atomic mass is 10.2. The maximum absolute atomic E-state index is 12.1. The number of carbonyl (C=O) groups excluding carboxylic acids is 2. The highest BCUT2D eigenvalue weighted by Gasteiger charge is 2.32. The van der Waals surface area contributed by atoms with Gasteiger partial charge in [-0.25, -0.2) is 0 Å². The summed E-state index contributed by atoms with van der Waals surface area (Å²) in [5.41, 5.74) is 5.11. The number of nitro benzene ring substituents is 1. The van der Waals surface area contributed by atoms with E-state index >= 15 is 0 Å². The molecule has 0 spiro atoms. The summed E-state index contributed by atoms with van der Waals surface area (Å²) >= 11 is 0. The third kappa shape index (κ3) is 3.51. The first kappa shape index (κ1) is 15.7. The Morgan fingerprint density at radius 3 is 2.82 bits per heavy atom. The summed E-state index contributed by atoms with van der Waals surface area (Å²) < 4.78 is 5.32. The van der Waals surface area contributed by atoms with E-state index in [0.29, 0.717) is 13.0 Å². The molecule has 1 heterocycles. The number of likely N-dealkylation sites (tertiary alicyclic amines) is 1. The second kappa shape index (κ2) is 6.88. The van der Waals surface area contributed by atoms with Crippen molar-refractivity contribution in [2.75, 3.05) is 13.2 Å². The lowest BCUT2D eigenvalue weighted by Gasteiger charge is -2.22. The highest BCUT2D eigenvalue weighted by atomic mass is 16.6. The van der Waals surface area contributed by atoms with E-state index in [2.05, 4.69) is 0 Å². The summed E-state index contributed by atoms with van der Waals surface area (Å²) in [6.45, 7) is 0.504. The molecule has 0 radical (unpaired) electrons. The Morgan fingerprint density at radius 1 is 1.41 bits per heavy atom. The van der Waals surface area contributed by atoms with Crippen molar-refractivity contribution < 1.29 is 19.2 Å². The van der Waals surface area contributed by atoms with Crippen LogP contribution in [0.5, 0.6) is 5.75 Å². The zero-order chi connectivity index (χ0) is 16.1. The van der Waals surface area contributed by atoms with Crippen LogP contribution in [0.1, 0.15) is 19.3 Å². The minimum absolute atomic E-state index is 0.00562. The van der Waals surface area contributed by atoms with Crippen molar-refractivity contribution in [3.63, 3.8) is 0 Å². The van der Waals surface area contributed by atoms with Gasteiger partial charge in [0.1, 0.15) is 6.04 Å². The summed E-state index contributed by atoms with van der Waals surface area (Å²) in [6, 6.07) is 5.41. The molecule has 1 aromatic rings.